The molecular formula is C17H16N2O. The third-order valence-corrected chi connectivity index (χ3v) is 3.55. The summed E-state index contributed by atoms with van der Waals surface area (Å²) in [6.07, 6.45) is 3.14. The van der Waals surface area contributed by atoms with Gasteiger partial charge in [-0.3, -0.25) is 4.79 Å². The minimum Gasteiger partial charge on any atom is -0.366 e. The smallest absolute Gasteiger partial charge is 0.241 e. The molecule has 0 atom stereocenters. The van der Waals surface area contributed by atoms with E-state index in [9.17, 15) is 4.79 Å². The number of benzene rings is 2. The van der Waals surface area contributed by atoms with Gasteiger partial charge in [-0.15, -0.1) is 0 Å². The molecule has 1 amide bonds. The van der Waals surface area contributed by atoms with Gasteiger partial charge in [0.15, 0.2) is 0 Å². The van der Waals surface area contributed by atoms with E-state index in [0.29, 0.717) is 0 Å². The number of fused-ring (bicyclic) bond motifs is 3. The van der Waals surface area contributed by atoms with Crippen molar-refractivity contribution < 1.29 is 4.79 Å². The van der Waals surface area contributed by atoms with E-state index in [1.54, 1.807) is 6.08 Å². The number of nitrogens with two attached hydrogens (primary N) is 1. The van der Waals surface area contributed by atoms with E-state index >= 15 is 0 Å². The number of hydrogen-bond donors (Lipinski definition) is 1. The summed E-state index contributed by atoms with van der Waals surface area (Å²) in [4.78, 5) is 10.8. The molecule has 0 saturated carbocycles. The second-order valence-electron chi connectivity index (χ2n) is 4.77. The van der Waals surface area contributed by atoms with Crippen LogP contribution in [0.3, 0.4) is 0 Å². The Morgan fingerprint density at radius 1 is 1.15 bits per heavy atom. The highest BCUT2D eigenvalue weighted by molar-refractivity contribution is 6.08. The summed E-state index contributed by atoms with van der Waals surface area (Å²) in [5, 5.41) is 2.44. The monoisotopic (exact) mass is 264 g/mol. The number of aryl methyl sites for hydroxylation is 1. The first-order chi connectivity index (χ1) is 9.70. The first-order valence-electron chi connectivity index (χ1n) is 6.69. The summed E-state index contributed by atoms with van der Waals surface area (Å²) in [5.41, 5.74) is 8.57. The number of nitrogens with zero attached hydrogens (tertiary/aromatic N) is 1. The summed E-state index contributed by atoms with van der Waals surface area (Å²) < 4.78 is 2.30. The normalized spacial score (nSPS) is 11.7. The van der Waals surface area contributed by atoms with E-state index in [4.69, 9.17) is 5.73 Å². The number of para-hydroxylation sites is 1. The van der Waals surface area contributed by atoms with Crippen molar-refractivity contribution in [3.05, 3.63) is 54.1 Å². The van der Waals surface area contributed by atoms with Crippen LogP contribution >= 0.6 is 0 Å². The fourth-order valence-electron chi connectivity index (χ4n) is 2.69. The third-order valence-electron chi connectivity index (χ3n) is 3.55. The highest BCUT2D eigenvalue weighted by Gasteiger charge is 2.08. The molecule has 0 aliphatic heterocycles. The van der Waals surface area contributed by atoms with Gasteiger partial charge in [-0.25, -0.2) is 0 Å². The molecule has 3 rings (SSSR count). The Labute approximate surface area is 117 Å². The van der Waals surface area contributed by atoms with E-state index in [0.717, 1.165) is 12.1 Å². The Hall–Kier alpha value is -2.55. The number of carbonyl (C=O) groups is 1. The second kappa shape index (κ2) is 4.85. The van der Waals surface area contributed by atoms with Gasteiger partial charge in [0, 0.05) is 34.4 Å². The molecule has 2 aromatic carbocycles. The summed E-state index contributed by atoms with van der Waals surface area (Å²) >= 11 is 0. The Balaban J connectivity index is 2.28. The lowest BCUT2D eigenvalue weighted by atomic mass is 10.1. The summed E-state index contributed by atoms with van der Waals surface area (Å²) in [6.45, 7) is 3.08. The van der Waals surface area contributed by atoms with Crippen LogP contribution in [0, 0.1) is 0 Å². The number of amides is 1. The van der Waals surface area contributed by atoms with Gasteiger partial charge >= 0.3 is 0 Å². The van der Waals surface area contributed by atoms with Crippen LogP contribution < -0.4 is 5.73 Å². The highest BCUT2D eigenvalue weighted by Crippen LogP contribution is 2.29. The molecule has 0 radical (unpaired) electrons. The molecule has 0 saturated heterocycles. The molecule has 2 N–H and O–H groups in total. The van der Waals surface area contributed by atoms with E-state index in [1.165, 1.54) is 27.9 Å². The number of rotatable bonds is 3. The summed E-state index contributed by atoms with van der Waals surface area (Å²) in [5.74, 6) is -0.430. The van der Waals surface area contributed by atoms with Gasteiger partial charge in [0.1, 0.15) is 0 Å². The van der Waals surface area contributed by atoms with Crippen molar-refractivity contribution in [1.29, 1.82) is 0 Å². The van der Waals surface area contributed by atoms with E-state index in [-0.39, 0.29) is 0 Å². The lowest BCUT2D eigenvalue weighted by Gasteiger charge is -2.02. The van der Waals surface area contributed by atoms with Crippen molar-refractivity contribution >= 4 is 33.8 Å². The van der Waals surface area contributed by atoms with E-state index < -0.39 is 5.91 Å². The van der Waals surface area contributed by atoms with Gasteiger partial charge in [-0.05, 0) is 36.8 Å². The minimum atomic E-state index is -0.430. The maximum absolute atomic E-state index is 10.8. The SMILES string of the molecule is CCn1c2ccccc2c2cc(/C=C/C(N)=O)ccc21. The van der Waals surface area contributed by atoms with Crippen molar-refractivity contribution in [3.63, 3.8) is 0 Å². The summed E-state index contributed by atoms with van der Waals surface area (Å²) in [6, 6.07) is 14.6. The van der Waals surface area contributed by atoms with E-state index in [1.807, 2.05) is 12.1 Å². The van der Waals surface area contributed by atoms with Crippen molar-refractivity contribution in [2.45, 2.75) is 13.5 Å². The van der Waals surface area contributed by atoms with Gasteiger partial charge < -0.3 is 10.3 Å². The molecule has 0 unspecified atom stereocenters. The minimum absolute atomic E-state index is 0.430. The Bertz CT molecular complexity index is 827. The molecule has 3 heteroatoms. The van der Waals surface area contributed by atoms with Crippen LogP contribution in [0.4, 0.5) is 0 Å². The quantitative estimate of drug-likeness (QED) is 0.725. The van der Waals surface area contributed by atoms with Crippen LogP contribution in [0.25, 0.3) is 27.9 Å². The molecule has 20 heavy (non-hydrogen) atoms. The maximum Gasteiger partial charge on any atom is 0.241 e. The van der Waals surface area contributed by atoms with Crippen molar-refractivity contribution in [1.82, 2.24) is 4.57 Å². The molecule has 0 fully saturated rings. The van der Waals surface area contributed by atoms with Gasteiger partial charge in [-0.1, -0.05) is 24.3 Å². The first-order valence-corrected chi connectivity index (χ1v) is 6.69. The molecule has 100 valence electrons. The summed E-state index contributed by atoms with van der Waals surface area (Å²) in [7, 11) is 0. The fraction of sp³-hybridized carbons (Fsp3) is 0.118. The largest absolute Gasteiger partial charge is 0.366 e. The molecule has 1 aromatic heterocycles. The zero-order valence-corrected chi connectivity index (χ0v) is 11.3. The maximum atomic E-state index is 10.8. The van der Waals surface area contributed by atoms with Crippen LogP contribution in [0.5, 0.6) is 0 Å². The number of hydrogen-bond acceptors (Lipinski definition) is 1. The second-order valence-corrected chi connectivity index (χ2v) is 4.77. The number of primary amides is 1. The Morgan fingerprint density at radius 2 is 1.90 bits per heavy atom. The third kappa shape index (κ3) is 1.97. The topological polar surface area (TPSA) is 48.0 Å². The van der Waals surface area contributed by atoms with Crippen molar-refractivity contribution in [3.8, 4) is 0 Å². The molecule has 0 aliphatic carbocycles. The molecular weight excluding hydrogens is 248 g/mol. The number of aromatic nitrogens is 1. The average Bonchev–Trinajstić information content (AvgIpc) is 2.78. The predicted molar refractivity (Wildman–Crippen MR) is 83.3 cm³/mol. The standard InChI is InChI=1S/C17H16N2O/c1-2-19-15-6-4-3-5-13(15)14-11-12(7-9-16(14)19)8-10-17(18)20/h3-11H,2H2,1H3,(H2,18,20)/b10-8+. The van der Waals surface area contributed by atoms with E-state index in [2.05, 4.69) is 41.8 Å². The lowest BCUT2D eigenvalue weighted by Crippen LogP contribution is -2.05. The zero-order chi connectivity index (χ0) is 14.1. The molecule has 0 bridgehead atoms. The zero-order valence-electron chi connectivity index (χ0n) is 11.3. The van der Waals surface area contributed by atoms with Crippen LogP contribution in [-0.4, -0.2) is 10.5 Å². The molecule has 3 nitrogen and oxygen atoms in total. The van der Waals surface area contributed by atoms with Crippen LogP contribution in [0.2, 0.25) is 0 Å². The van der Waals surface area contributed by atoms with Gasteiger partial charge in [0.2, 0.25) is 5.91 Å². The number of carbonyl (C=O) groups excluding carboxylic acids is 1. The Kier molecular flexibility index (Phi) is 3.03. The molecule has 1 heterocycles. The van der Waals surface area contributed by atoms with Crippen LogP contribution in [0.15, 0.2) is 48.5 Å². The highest BCUT2D eigenvalue weighted by atomic mass is 16.1. The Morgan fingerprint density at radius 3 is 2.65 bits per heavy atom. The molecule has 3 aromatic rings. The fourth-order valence-corrected chi connectivity index (χ4v) is 2.69. The lowest BCUT2D eigenvalue weighted by molar-refractivity contribution is -0.113. The van der Waals surface area contributed by atoms with Gasteiger partial charge in [0.25, 0.3) is 0 Å². The van der Waals surface area contributed by atoms with Crippen LogP contribution in [0.1, 0.15) is 12.5 Å². The predicted octanol–water partition coefficient (Wildman–Crippen LogP) is 3.31. The molecule has 0 aliphatic rings. The van der Waals surface area contributed by atoms with Crippen molar-refractivity contribution in [2.24, 2.45) is 5.73 Å². The van der Waals surface area contributed by atoms with Gasteiger partial charge in [0.05, 0.1) is 0 Å². The first kappa shape index (κ1) is 12.5. The van der Waals surface area contributed by atoms with Crippen LogP contribution in [-0.2, 0) is 11.3 Å². The van der Waals surface area contributed by atoms with Crippen molar-refractivity contribution in [2.75, 3.05) is 0 Å². The average molecular weight is 264 g/mol. The van der Waals surface area contributed by atoms with Gasteiger partial charge in [-0.2, -0.15) is 0 Å². The molecule has 0 spiro atoms.